The summed E-state index contributed by atoms with van der Waals surface area (Å²) in [4.78, 5) is 30.7. The number of hydrogen-bond acceptors (Lipinski definition) is 5. The van der Waals surface area contributed by atoms with Crippen molar-refractivity contribution in [2.24, 2.45) is 11.8 Å². The summed E-state index contributed by atoms with van der Waals surface area (Å²) in [5, 5.41) is 9.64. The number of nitrogens with zero attached hydrogens (tertiary/aromatic N) is 3. The van der Waals surface area contributed by atoms with E-state index in [9.17, 15) is 14.7 Å². The number of ether oxygens (including phenoxy) is 1. The summed E-state index contributed by atoms with van der Waals surface area (Å²) in [5.74, 6) is 0.645. The molecule has 0 aromatic carbocycles. The Labute approximate surface area is 149 Å². The lowest BCUT2D eigenvalue weighted by Gasteiger charge is -2.40. The second-order valence-electron chi connectivity index (χ2n) is 7.63. The highest BCUT2D eigenvalue weighted by Crippen LogP contribution is 2.23. The second kappa shape index (κ2) is 8.96. The van der Waals surface area contributed by atoms with Gasteiger partial charge in [-0.2, -0.15) is 0 Å². The molecule has 0 unspecified atom stereocenters. The fourth-order valence-corrected chi connectivity index (χ4v) is 4.23. The van der Waals surface area contributed by atoms with Crippen LogP contribution in [0.5, 0.6) is 0 Å². The Morgan fingerprint density at radius 2 is 1.88 bits per heavy atom. The molecule has 2 amide bonds. The minimum Gasteiger partial charge on any atom is -0.396 e. The Morgan fingerprint density at radius 3 is 2.60 bits per heavy atom. The lowest BCUT2D eigenvalue weighted by Crippen LogP contribution is -2.52. The van der Waals surface area contributed by atoms with E-state index in [0.29, 0.717) is 25.4 Å². The molecule has 3 aliphatic heterocycles. The normalized spacial score (nSPS) is 29.1. The number of rotatable bonds is 5. The van der Waals surface area contributed by atoms with Gasteiger partial charge in [-0.05, 0) is 31.1 Å². The van der Waals surface area contributed by atoms with Gasteiger partial charge >= 0.3 is 0 Å². The van der Waals surface area contributed by atoms with Crippen molar-refractivity contribution in [1.82, 2.24) is 14.7 Å². The quantitative estimate of drug-likeness (QED) is 0.740. The fraction of sp³-hybridized carbons (Fsp3) is 0.889. The Bertz CT molecular complexity index is 467. The predicted molar refractivity (Wildman–Crippen MR) is 93.0 cm³/mol. The number of amides is 2. The third kappa shape index (κ3) is 5.15. The molecule has 142 valence electrons. The minimum atomic E-state index is 0.0281. The van der Waals surface area contributed by atoms with Gasteiger partial charge in [0.15, 0.2) is 0 Å². The van der Waals surface area contributed by atoms with Crippen LogP contribution in [-0.2, 0) is 14.3 Å². The zero-order valence-corrected chi connectivity index (χ0v) is 15.1. The van der Waals surface area contributed by atoms with E-state index in [4.69, 9.17) is 4.74 Å². The fourth-order valence-electron chi connectivity index (χ4n) is 4.23. The van der Waals surface area contributed by atoms with Crippen molar-refractivity contribution in [3.63, 3.8) is 0 Å². The highest BCUT2D eigenvalue weighted by Gasteiger charge is 2.32. The molecule has 0 spiro atoms. The molecule has 0 bridgehead atoms. The highest BCUT2D eigenvalue weighted by molar-refractivity contribution is 5.85. The molecule has 0 radical (unpaired) electrons. The summed E-state index contributed by atoms with van der Waals surface area (Å²) in [7, 11) is 0. The van der Waals surface area contributed by atoms with E-state index in [1.165, 1.54) is 0 Å². The summed E-state index contributed by atoms with van der Waals surface area (Å²) in [6.07, 6.45) is 3.44. The molecule has 3 saturated heterocycles. The van der Waals surface area contributed by atoms with E-state index in [1.807, 2.05) is 4.90 Å². The van der Waals surface area contributed by atoms with E-state index >= 15 is 0 Å². The SMILES string of the molecule is O=C1CCCCN1CC(=O)N1C[C@H](CO)C[C@@H](CN2CCOCC2)C1. The summed E-state index contributed by atoms with van der Waals surface area (Å²) in [6, 6.07) is 0. The largest absolute Gasteiger partial charge is 0.396 e. The van der Waals surface area contributed by atoms with Gasteiger partial charge in [0.25, 0.3) is 0 Å². The van der Waals surface area contributed by atoms with E-state index in [-0.39, 0.29) is 30.9 Å². The Hall–Kier alpha value is -1.18. The van der Waals surface area contributed by atoms with Crippen molar-refractivity contribution < 1.29 is 19.4 Å². The van der Waals surface area contributed by atoms with E-state index in [2.05, 4.69) is 4.90 Å². The van der Waals surface area contributed by atoms with Crippen LogP contribution in [0.25, 0.3) is 0 Å². The van der Waals surface area contributed by atoms with Crippen LogP contribution in [0.2, 0.25) is 0 Å². The molecule has 0 aromatic rings. The molecule has 3 rings (SSSR count). The first-order valence-electron chi connectivity index (χ1n) is 9.62. The lowest BCUT2D eigenvalue weighted by atomic mass is 9.89. The predicted octanol–water partition coefficient (Wildman–Crippen LogP) is -0.212. The van der Waals surface area contributed by atoms with E-state index in [1.54, 1.807) is 4.90 Å². The molecule has 3 aliphatic rings. The zero-order valence-electron chi connectivity index (χ0n) is 15.1. The molecule has 1 N–H and O–H groups in total. The number of carbonyl (C=O) groups is 2. The first-order chi connectivity index (χ1) is 12.2. The van der Waals surface area contributed by atoms with Crippen LogP contribution in [0.1, 0.15) is 25.7 Å². The Kier molecular flexibility index (Phi) is 6.67. The first kappa shape index (κ1) is 18.6. The summed E-state index contributed by atoms with van der Waals surface area (Å²) < 4.78 is 5.40. The molecule has 3 fully saturated rings. The second-order valence-corrected chi connectivity index (χ2v) is 7.63. The molecule has 3 heterocycles. The minimum absolute atomic E-state index is 0.0281. The van der Waals surface area contributed by atoms with Crippen LogP contribution in [0.4, 0.5) is 0 Å². The van der Waals surface area contributed by atoms with Crippen LogP contribution in [0, 0.1) is 11.8 Å². The smallest absolute Gasteiger partial charge is 0.242 e. The molecule has 2 atom stereocenters. The van der Waals surface area contributed by atoms with Gasteiger partial charge in [-0.15, -0.1) is 0 Å². The highest BCUT2D eigenvalue weighted by atomic mass is 16.5. The summed E-state index contributed by atoms with van der Waals surface area (Å²) in [5.41, 5.74) is 0. The molecule has 7 heteroatoms. The monoisotopic (exact) mass is 353 g/mol. The van der Waals surface area contributed by atoms with Crippen molar-refractivity contribution in [2.45, 2.75) is 25.7 Å². The number of aliphatic hydroxyl groups excluding tert-OH is 1. The van der Waals surface area contributed by atoms with Crippen LogP contribution in [0.15, 0.2) is 0 Å². The maximum atomic E-state index is 12.7. The number of aliphatic hydroxyl groups is 1. The Balaban J connectivity index is 1.55. The molecular weight excluding hydrogens is 322 g/mol. The van der Waals surface area contributed by atoms with Crippen LogP contribution in [-0.4, -0.2) is 97.3 Å². The maximum Gasteiger partial charge on any atom is 0.242 e. The van der Waals surface area contributed by atoms with Gasteiger partial charge in [-0.3, -0.25) is 14.5 Å². The number of morpholine rings is 1. The first-order valence-corrected chi connectivity index (χ1v) is 9.62. The number of hydrogen-bond donors (Lipinski definition) is 1. The molecule has 0 aliphatic carbocycles. The Morgan fingerprint density at radius 1 is 1.12 bits per heavy atom. The molecule has 0 aromatic heterocycles. The van der Waals surface area contributed by atoms with Crippen molar-refractivity contribution in [3.8, 4) is 0 Å². The third-order valence-electron chi connectivity index (χ3n) is 5.60. The van der Waals surface area contributed by atoms with Gasteiger partial charge in [-0.1, -0.05) is 0 Å². The van der Waals surface area contributed by atoms with Gasteiger partial charge in [0, 0.05) is 52.3 Å². The lowest BCUT2D eigenvalue weighted by molar-refractivity contribution is -0.143. The number of piperidine rings is 2. The van der Waals surface area contributed by atoms with Gasteiger partial charge in [0.2, 0.25) is 11.8 Å². The van der Waals surface area contributed by atoms with Gasteiger partial charge in [-0.25, -0.2) is 0 Å². The topological polar surface area (TPSA) is 73.3 Å². The third-order valence-corrected chi connectivity index (χ3v) is 5.60. The van der Waals surface area contributed by atoms with Crippen molar-refractivity contribution in [1.29, 1.82) is 0 Å². The van der Waals surface area contributed by atoms with Crippen molar-refractivity contribution in [2.75, 3.05) is 65.6 Å². The van der Waals surface area contributed by atoms with E-state index < -0.39 is 0 Å². The van der Waals surface area contributed by atoms with E-state index in [0.717, 1.165) is 58.7 Å². The average Bonchev–Trinajstić information content (AvgIpc) is 2.64. The van der Waals surface area contributed by atoms with Crippen molar-refractivity contribution in [3.05, 3.63) is 0 Å². The van der Waals surface area contributed by atoms with Gasteiger partial charge in [0.05, 0.1) is 19.8 Å². The standard InChI is InChI=1S/C18H31N3O4/c22-14-16-9-15(10-19-5-7-25-8-6-19)11-21(12-16)18(24)13-20-4-2-1-3-17(20)23/h15-16,22H,1-14H2/t15-,16+/m0/s1. The van der Waals surface area contributed by atoms with Crippen LogP contribution >= 0.6 is 0 Å². The average molecular weight is 353 g/mol. The van der Waals surface area contributed by atoms with Crippen molar-refractivity contribution >= 4 is 11.8 Å². The molecule has 25 heavy (non-hydrogen) atoms. The maximum absolute atomic E-state index is 12.7. The van der Waals surface area contributed by atoms with Crippen LogP contribution in [0.3, 0.4) is 0 Å². The van der Waals surface area contributed by atoms with Gasteiger partial charge < -0.3 is 19.6 Å². The molecule has 0 saturated carbocycles. The molecular formula is C18H31N3O4. The van der Waals surface area contributed by atoms with Crippen LogP contribution < -0.4 is 0 Å². The summed E-state index contributed by atoms with van der Waals surface area (Å²) >= 11 is 0. The van der Waals surface area contributed by atoms with Gasteiger partial charge in [0.1, 0.15) is 0 Å². The number of carbonyl (C=O) groups excluding carboxylic acids is 2. The molecule has 7 nitrogen and oxygen atoms in total. The number of likely N-dealkylation sites (tertiary alicyclic amines) is 2. The summed E-state index contributed by atoms with van der Waals surface area (Å²) in [6.45, 7) is 6.73. The zero-order chi connectivity index (χ0) is 17.6.